The number of ether oxygens (including phenoxy) is 2. The Morgan fingerprint density at radius 3 is 3.00 bits per heavy atom. The number of anilines is 2. The van der Waals surface area contributed by atoms with Gasteiger partial charge in [-0.2, -0.15) is 0 Å². The highest BCUT2D eigenvalue weighted by Gasteiger charge is 2.18. The maximum atomic E-state index is 5.65. The summed E-state index contributed by atoms with van der Waals surface area (Å²) in [4.78, 5) is 11.0. The molecule has 1 aromatic heterocycles. The van der Waals surface area contributed by atoms with Crippen LogP contribution in [0.2, 0.25) is 0 Å². The number of methoxy groups -OCH3 is 1. The van der Waals surface area contributed by atoms with Gasteiger partial charge in [-0.3, -0.25) is 0 Å². The summed E-state index contributed by atoms with van der Waals surface area (Å²) in [6.07, 6.45) is 2.59. The van der Waals surface area contributed by atoms with Crippen LogP contribution in [0, 0.1) is 0 Å². The van der Waals surface area contributed by atoms with Gasteiger partial charge in [0.2, 0.25) is 0 Å². The molecule has 0 bridgehead atoms. The third kappa shape index (κ3) is 3.78. The lowest BCUT2D eigenvalue weighted by Gasteiger charge is -2.22. The second kappa shape index (κ2) is 6.68. The Bertz CT molecular complexity index is 408. The smallest absolute Gasteiger partial charge is 0.158 e. The molecule has 1 unspecified atom stereocenters. The van der Waals surface area contributed by atoms with Crippen LogP contribution in [0.4, 0.5) is 11.6 Å². The van der Waals surface area contributed by atoms with Crippen molar-refractivity contribution in [3.8, 4) is 0 Å². The van der Waals surface area contributed by atoms with Crippen molar-refractivity contribution in [2.24, 2.45) is 0 Å². The average molecular weight is 266 g/mol. The van der Waals surface area contributed by atoms with Crippen molar-refractivity contribution in [1.29, 1.82) is 0 Å². The average Bonchev–Trinajstić information content (AvgIpc) is 2.91. The second-order valence-electron chi connectivity index (χ2n) is 4.73. The van der Waals surface area contributed by atoms with E-state index in [4.69, 9.17) is 9.47 Å². The summed E-state index contributed by atoms with van der Waals surface area (Å²) in [5.74, 6) is 2.38. The van der Waals surface area contributed by atoms with Crippen LogP contribution in [0.25, 0.3) is 0 Å². The van der Waals surface area contributed by atoms with Crippen LogP contribution in [-0.4, -0.2) is 50.4 Å². The fraction of sp³-hybridized carbons (Fsp3) is 0.692. The molecule has 6 heteroatoms. The van der Waals surface area contributed by atoms with Crippen LogP contribution in [0.1, 0.15) is 18.7 Å². The fourth-order valence-electron chi connectivity index (χ4n) is 2.19. The standard InChI is InChI=1S/C13H22N4O2/c1-14-11-7-13(16-12(15-11)9-18-3)17(2)8-10-5-4-6-19-10/h7,10H,4-6,8-9H2,1-3H3,(H,14,15,16). The van der Waals surface area contributed by atoms with E-state index >= 15 is 0 Å². The summed E-state index contributed by atoms with van der Waals surface area (Å²) in [5.41, 5.74) is 0. The zero-order chi connectivity index (χ0) is 13.7. The molecule has 1 aromatic rings. The topological polar surface area (TPSA) is 59.5 Å². The fourth-order valence-corrected chi connectivity index (χ4v) is 2.19. The van der Waals surface area contributed by atoms with E-state index < -0.39 is 0 Å². The molecule has 19 heavy (non-hydrogen) atoms. The van der Waals surface area contributed by atoms with Crippen molar-refractivity contribution >= 4 is 11.6 Å². The summed E-state index contributed by atoms with van der Waals surface area (Å²) in [6, 6.07) is 1.94. The van der Waals surface area contributed by atoms with Crippen molar-refractivity contribution < 1.29 is 9.47 Å². The first kappa shape index (κ1) is 14.0. The van der Waals surface area contributed by atoms with Crippen molar-refractivity contribution in [3.63, 3.8) is 0 Å². The third-order valence-electron chi connectivity index (χ3n) is 3.18. The molecule has 106 valence electrons. The van der Waals surface area contributed by atoms with Gasteiger partial charge in [0.1, 0.15) is 18.2 Å². The molecule has 0 aromatic carbocycles. The lowest BCUT2D eigenvalue weighted by molar-refractivity contribution is 0.116. The van der Waals surface area contributed by atoms with Crippen LogP contribution in [0.5, 0.6) is 0 Å². The monoisotopic (exact) mass is 266 g/mol. The van der Waals surface area contributed by atoms with Crippen LogP contribution in [-0.2, 0) is 16.1 Å². The lowest BCUT2D eigenvalue weighted by Crippen LogP contribution is -2.29. The van der Waals surface area contributed by atoms with Crippen LogP contribution < -0.4 is 10.2 Å². The minimum atomic E-state index is 0.309. The number of hydrogen-bond acceptors (Lipinski definition) is 6. The van der Waals surface area contributed by atoms with E-state index in [0.29, 0.717) is 18.5 Å². The molecule has 1 saturated heterocycles. The predicted octanol–water partition coefficient (Wildman–Crippen LogP) is 1.28. The Labute approximate surface area is 114 Å². The lowest BCUT2D eigenvalue weighted by atomic mass is 10.2. The quantitative estimate of drug-likeness (QED) is 0.837. The Kier molecular flexibility index (Phi) is 4.93. The van der Waals surface area contributed by atoms with Gasteiger partial charge < -0.3 is 19.7 Å². The molecule has 1 atom stereocenters. The molecule has 1 fully saturated rings. The Hall–Kier alpha value is -1.40. The summed E-state index contributed by atoms with van der Waals surface area (Å²) in [7, 11) is 5.52. The summed E-state index contributed by atoms with van der Waals surface area (Å²) >= 11 is 0. The van der Waals surface area contributed by atoms with Gasteiger partial charge in [0, 0.05) is 40.4 Å². The Morgan fingerprint density at radius 1 is 1.53 bits per heavy atom. The molecule has 0 aliphatic carbocycles. The maximum Gasteiger partial charge on any atom is 0.158 e. The SMILES string of the molecule is CNc1cc(N(C)CC2CCCO2)nc(COC)n1. The minimum Gasteiger partial charge on any atom is -0.377 e. The van der Waals surface area contributed by atoms with Crippen molar-refractivity contribution in [3.05, 3.63) is 11.9 Å². The van der Waals surface area contributed by atoms with Gasteiger partial charge in [0.25, 0.3) is 0 Å². The van der Waals surface area contributed by atoms with Gasteiger partial charge in [0.15, 0.2) is 5.82 Å². The van der Waals surface area contributed by atoms with E-state index in [9.17, 15) is 0 Å². The molecule has 0 saturated carbocycles. The Morgan fingerprint density at radius 2 is 2.37 bits per heavy atom. The molecule has 1 aliphatic heterocycles. The summed E-state index contributed by atoms with van der Waals surface area (Å²) < 4.78 is 10.8. The number of nitrogens with one attached hydrogen (secondary N) is 1. The molecular formula is C13H22N4O2. The van der Waals surface area contributed by atoms with E-state index in [2.05, 4.69) is 20.2 Å². The molecule has 0 amide bonds. The van der Waals surface area contributed by atoms with Crippen LogP contribution in [0.15, 0.2) is 6.07 Å². The van der Waals surface area contributed by atoms with E-state index in [-0.39, 0.29) is 0 Å². The van der Waals surface area contributed by atoms with Gasteiger partial charge in [-0.05, 0) is 12.8 Å². The molecular weight excluding hydrogens is 244 g/mol. The van der Waals surface area contributed by atoms with E-state index in [0.717, 1.165) is 37.6 Å². The second-order valence-corrected chi connectivity index (χ2v) is 4.73. The van der Waals surface area contributed by atoms with Gasteiger partial charge in [-0.25, -0.2) is 9.97 Å². The molecule has 1 aliphatic rings. The number of hydrogen-bond donors (Lipinski definition) is 1. The van der Waals surface area contributed by atoms with E-state index in [1.54, 1.807) is 7.11 Å². The first-order chi connectivity index (χ1) is 9.22. The zero-order valence-electron chi connectivity index (χ0n) is 11.8. The molecule has 1 N–H and O–H groups in total. The molecule has 0 spiro atoms. The normalized spacial score (nSPS) is 18.6. The number of aromatic nitrogens is 2. The van der Waals surface area contributed by atoms with E-state index in [1.807, 2.05) is 20.2 Å². The number of rotatable bonds is 6. The molecule has 0 radical (unpaired) electrons. The number of likely N-dealkylation sites (N-methyl/N-ethyl adjacent to an activating group) is 1. The minimum absolute atomic E-state index is 0.309. The van der Waals surface area contributed by atoms with Gasteiger partial charge >= 0.3 is 0 Å². The van der Waals surface area contributed by atoms with Crippen molar-refractivity contribution in [2.75, 3.05) is 44.6 Å². The highest BCUT2D eigenvalue weighted by molar-refractivity contribution is 5.48. The highest BCUT2D eigenvalue weighted by Crippen LogP contribution is 2.18. The molecule has 2 heterocycles. The predicted molar refractivity (Wildman–Crippen MR) is 74.5 cm³/mol. The third-order valence-corrected chi connectivity index (χ3v) is 3.18. The van der Waals surface area contributed by atoms with Crippen LogP contribution >= 0.6 is 0 Å². The highest BCUT2D eigenvalue weighted by atomic mass is 16.5. The number of nitrogens with zero attached hydrogens (tertiary/aromatic N) is 3. The van der Waals surface area contributed by atoms with Crippen molar-refractivity contribution in [2.45, 2.75) is 25.6 Å². The van der Waals surface area contributed by atoms with E-state index in [1.165, 1.54) is 0 Å². The first-order valence-corrected chi connectivity index (χ1v) is 6.60. The van der Waals surface area contributed by atoms with Crippen LogP contribution in [0.3, 0.4) is 0 Å². The largest absolute Gasteiger partial charge is 0.377 e. The van der Waals surface area contributed by atoms with Gasteiger partial charge in [0.05, 0.1) is 6.10 Å². The Balaban J connectivity index is 2.09. The summed E-state index contributed by atoms with van der Waals surface area (Å²) in [6.45, 7) is 2.14. The van der Waals surface area contributed by atoms with Gasteiger partial charge in [-0.1, -0.05) is 0 Å². The molecule has 6 nitrogen and oxygen atoms in total. The summed E-state index contributed by atoms with van der Waals surface area (Å²) in [5, 5.41) is 3.05. The molecule has 2 rings (SSSR count). The first-order valence-electron chi connectivity index (χ1n) is 6.60. The maximum absolute atomic E-state index is 5.65. The zero-order valence-corrected chi connectivity index (χ0v) is 11.8. The van der Waals surface area contributed by atoms with Crippen molar-refractivity contribution in [1.82, 2.24) is 9.97 Å². The van der Waals surface area contributed by atoms with Gasteiger partial charge in [-0.15, -0.1) is 0 Å².